The van der Waals surface area contributed by atoms with Crippen LogP contribution < -0.4 is 0 Å². The van der Waals surface area contributed by atoms with E-state index in [9.17, 15) is 0 Å². The summed E-state index contributed by atoms with van der Waals surface area (Å²) in [6, 6.07) is 15.4. The monoisotopic (exact) mass is 180 g/mol. The third-order valence-electron chi connectivity index (χ3n) is 3.00. The van der Waals surface area contributed by atoms with Crippen molar-refractivity contribution in [2.24, 2.45) is 0 Å². The topological polar surface area (TPSA) is 0 Å². The molecule has 14 heavy (non-hydrogen) atoms. The molecule has 0 amide bonds. The van der Waals surface area contributed by atoms with Crippen LogP contribution in [0.4, 0.5) is 0 Å². The Morgan fingerprint density at radius 2 is 1.43 bits per heavy atom. The predicted molar refractivity (Wildman–Crippen MR) is 57.6 cm³/mol. The summed E-state index contributed by atoms with van der Waals surface area (Å²) >= 11 is 0. The van der Waals surface area contributed by atoms with E-state index in [1.165, 1.54) is 26.4 Å². The maximum atomic E-state index is 2.32. The van der Waals surface area contributed by atoms with Crippen molar-refractivity contribution in [2.75, 3.05) is 0 Å². The molecule has 0 aromatic heterocycles. The van der Waals surface area contributed by atoms with Gasteiger partial charge in [0.25, 0.3) is 0 Å². The van der Waals surface area contributed by atoms with Crippen molar-refractivity contribution in [3.05, 3.63) is 68.9 Å². The molecule has 68 valence electrons. The summed E-state index contributed by atoms with van der Waals surface area (Å²) < 4.78 is 0. The van der Waals surface area contributed by atoms with Crippen molar-refractivity contribution in [3.8, 4) is 0 Å². The van der Waals surface area contributed by atoms with Gasteiger partial charge in [-0.25, -0.2) is 0 Å². The van der Waals surface area contributed by atoms with E-state index in [4.69, 9.17) is 0 Å². The molecule has 0 radical (unpaired) electrons. The van der Waals surface area contributed by atoms with E-state index in [1.807, 2.05) is 0 Å². The number of benzene rings is 2. The van der Waals surface area contributed by atoms with E-state index in [-0.39, 0.29) is 0 Å². The molecule has 2 aromatic rings. The van der Waals surface area contributed by atoms with E-state index in [0.29, 0.717) is 0 Å². The molecule has 0 saturated carbocycles. The highest BCUT2D eigenvalue weighted by molar-refractivity contribution is 5.31. The fourth-order valence-electron chi connectivity index (χ4n) is 2.16. The largest absolute Gasteiger partial charge is 0.0616 e. The van der Waals surface area contributed by atoms with Gasteiger partial charge in [0.15, 0.2) is 0 Å². The lowest BCUT2D eigenvalue weighted by Gasteiger charge is -2.05. The van der Waals surface area contributed by atoms with E-state index < -0.39 is 0 Å². The predicted octanol–water partition coefficient (Wildman–Crippen LogP) is 3.14. The molecule has 0 heteroatoms. The van der Waals surface area contributed by atoms with Gasteiger partial charge >= 0.3 is 0 Å². The summed E-state index contributed by atoms with van der Waals surface area (Å²) in [5, 5.41) is 5.67. The van der Waals surface area contributed by atoms with Gasteiger partial charge in [-0.2, -0.15) is 0 Å². The quantitative estimate of drug-likeness (QED) is 0.539. The van der Waals surface area contributed by atoms with Crippen LogP contribution in [0.15, 0.2) is 42.5 Å². The summed E-state index contributed by atoms with van der Waals surface area (Å²) in [6.07, 6.45) is 1.12. The number of rotatable bonds is 1. The van der Waals surface area contributed by atoms with Gasteiger partial charge in [-0.1, -0.05) is 49.4 Å². The second-order valence-electron chi connectivity index (χ2n) is 3.78. The Kier molecular flexibility index (Phi) is 1.51. The molecule has 0 bridgehead atoms. The zero-order valence-electron chi connectivity index (χ0n) is 8.25. The zero-order chi connectivity index (χ0) is 9.54. The molecule has 1 aliphatic rings. The van der Waals surface area contributed by atoms with E-state index >= 15 is 0 Å². The van der Waals surface area contributed by atoms with Crippen LogP contribution in [-0.4, -0.2) is 0 Å². The van der Waals surface area contributed by atoms with Gasteiger partial charge in [-0.05, 0) is 32.9 Å². The fraction of sp³-hybridized carbons (Fsp3) is 0.143. The maximum absolute atomic E-state index is 2.32. The molecule has 0 saturated heterocycles. The number of hydrogen-bond acceptors (Lipinski definition) is 0. The SMILES string of the molecule is CCc1ccc2c(c1)=c1ccccc1=2. The third-order valence-corrected chi connectivity index (χ3v) is 3.00. The highest BCUT2D eigenvalue weighted by atomic mass is 14.0. The number of hydrogen-bond donors (Lipinski definition) is 0. The third kappa shape index (κ3) is 0.884. The molecule has 0 N–H and O–H groups in total. The van der Waals surface area contributed by atoms with Gasteiger partial charge in [-0.15, -0.1) is 0 Å². The van der Waals surface area contributed by atoms with Crippen LogP contribution in [0.5, 0.6) is 0 Å². The molecule has 0 nitrogen and oxygen atoms in total. The van der Waals surface area contributed by atoms with Crippen LogP contribution in [-0.2, 0) is 6.42 Å². The zero-order valence-corrected chi connectivity index (χ0v) is 8.25. The summed E-state index contributed by atoms with van der Waals surface area (Å²) in [4.78, 5) is 0. The molecular formula is C14H12. The number of aryl methyl sites for hydroxylation is 1. The minimum absolute atomic E-state index is 1.12. The summed E-state index contributed by atoms with van der Waals surface area (Å²) in [5.74, 6) is 0. The summed E-state index contributed by atoms with van der Waals surface area (Å²) in [7, 11) is 0. The first kappa shape index (κ1) is 7.81. The second kappa shape index (κ2) is 2.71. The van der Waals surface area contributed by atoms with Gasteiger partial charge in [-0.3, -0.25) is 0 Å². The second-order valence-corrected chi connectivity index (χ2v) is 3.78. The van der Waals surface area contributed by atoms with Crippen LogP contribution in [0, 0.1) is 20.9 Å². The summed E-state index contributed by atoms with van der Waals surface area (Å²) in [6.45, 7) is 2.20. The van der Waals surface area contributed by atoms with Crippen molar-refractivity contribution < 1.29 is 0 Å². The highest BCUT2D eigenvalue weighted by Gasteiger charge is 2.01. The Balaban J connectivity index is 2.49. The molecule has 0 unspecified atom stereocenters. The molecule has 0 aliphatic heterocycles. The molecule has 2 aromatic carbocycles. The van der Waals surface area contributed by atoms with E-state index in [0.717, 1.165) is 6.42 Å². The Hall–Kier alpha value is -1.56. The lowest BCUT2D eigenvalue weighted by Crippen LogP contribution is -1.92. The first-order chi connectivity index (χ1) is 6.90. The lowest BCUT2D eigenvalue weighted by molar-refractivity contribution is 1.12. The number of fused-ring (bicyclic) bond motifs is 2. The standard InChI is InChI=1S/C14H12/c1-2-10-7-8-13-11-5-3-4-6-12(11)14(13)9-10/h3-9H,2H2,1H3. The molecule has 3 rings (SSSR count). The Morgan fingerprint density at radius 3 is 2.14 bits per heavy atom. The minimum atomic E-state index is 1.12. The molecule has 0 atom stereocenters. The van der Waals surface area contributed by atoms with Gasteiger partial charge in [0, 0.05) is 0 Å². The van der Waals surface area contributed by atoms with Crippen LogP contribution >= 0.6 is 0 Å². The van der Waals surface area contributed by atoms with Gasteiger partial charge in [0.1, 0.15) is 0 Å². The van der Waals surface area contributed by atoms with Crippen LogP contribution in [0.1, 0.15) is 12.5 Å². The van der Waals surface area contributed by atoms with Crippen LogP contribution in [0.25, 0.3) is 0 Å². The van der Waals surface area contributed by atoms with E-state index in [1.54, 1.807) is 0 Å². The van der Waals surface area contributed by atoms with Crippen LogP contribution in [0.3, 0.4) is 0 Å². The Morgan fingerprint density at radius 1 is 0.786 bits per heavy atom. The van der Waals surface area contributed by atoms with Crippen molar-refractivity contribution in [2.45, 2.75) is 13.3 Å². The maximum Gasteiger partial charge on any atom is -0.00962 e. The van der Waals surface area contributed by atoms with Crippen LogP contribution in [0.2, 0.25) is 0 Å². The summed E-state index contributed by atoms with van der Waals surface area (Å²) in [5.41, 5.74) is 1.43. The Labute approximate surface area is 82.8 Å². The van der Waals surface area contributed by atoms with Gasteiger partial charge in [0.05, 0.1) is 0 Å². The molecule has 0 fully saturated rings. The fourth-order valence-corrected chi connectivity index (χ4v) is 2.16. The highest BCUT2D eigenvalue weighted by Crippen LogP contribution is 2.14. The Bertz CT molecular complexity index is 666. The first-order valence-electron chi connectivity index (χ1n) is 5.13. The normalized spacial score (nSPS) is 11.5. The van der Waals surface area contributed by atoms with Crippen molar-refractivity contribution in [1.82, 2.24) is 0 Å². The van der Waals surface area contributed by atoms with Crippen molar-refractivity contribution in [1.29, 1.82) is 0 Å². The first-order valence-corrected chi connectivity index (χ1v) is 5.13. The lowest BCUT2D eigenvalue weighted by atomic mass is 9.99. The van der Waals surface area contributed by atoms with Crippen molar-refractivity contribution in [3.63, 3.8) is 0 Å². The minimum Gasteiger partial charge on any atom is -0.0616 e. The molecule has 0 heterocycles. The average molecular weight is 180 g/mol. The van der Waals surface area contributed by atoms with Gasteiger partial charge in [0.2, 0.25) is 0 Å². The molecule has 1 aliphatic carbocycles. The van der Waals surface area contributed by atoms with Gasteiger partial charge < -0.3 is 0 Å². The smallest absolute Gasteiger partial charge is 0.00962 e. The van der Waals surface area contributed by atoms with Crippen molar-refractivity contribution >= 4 is 0 Å². The average Bonchev–Trinajstić information content (AvgIpc) is 2.25. The molecular weight excluding hydrogens is 168 g/mol. The molecule has 0 spiro atoms. The van der Waals surface area contributed by atoms with E-state index in [2.05, 4.69) is 49.4 Å².